The second-order valence-electron chi connectivity index (χ2n) is 19.1. The summed E-state index contributed by atoms with van der Waals surface area (Å²) in [5.74, 6) is 6.22. The van der Waals surface area contributed by atoms with E-state index in [-0.39, 0.29) is 25.2 Å². The molecule has 10 atom stereocenters. The highest BCUT2D eigenvalue weighted by atomic mass is 16.6. The third-order valence-corrected chi connectivity index (χ3v) is 14.5. The van der Waals surface area contributed by atoms with E-state index in [9.17, 15) is 19.2 Å². The maximum Gasteiger partial charge on any atom is 0.344 e. The first-order chi connectivity index (χ1) is 22.8. The summed E-state index contributed by atoms with van der Waals surface area (Å²) >= 11 is 0. The van der Waals surface area contributed by atoms with Gasteiger partial charge in [-0.2, -0.15) is 0 Å². The molecule has 6 fully saturated rings. The summed E-state index contributed by atoms with van der Waals surface area (Å²) in [4.78, 5) is 48.4. The van der Waals surface area contributed by atoms with Crippen LogP contribution in [0.25, 0.3) is 0 Å². The molecular formula is C41H66O8. The van der Waals surface area contributed by atoms with Crippen LogP contribution in [0.4, 0.5) is 0 Å². The molecule has 0 aromatic carbocycles. The molecule has 10 unspecified atom stereocenters. The molecule has 6 aliphatic rings. The molecule has 0 saturated heterocycles. The molecule has 0 aliphatic heterocycles. The van der Waals surface area contributed by atoms with Crippen LogP contribution in [0.5, 0.6) is 0 Å². The van der Waals surface area contributed by atoms with Gasteiger partial charge in [-0.25, -0.2) is 9.59 Å². The Hall–Kier alpha value is -2.12. The number of carbonyl (C=O) groups excluding carboxylic acids is 4. The van der Waals surface area contributed by atoms with Crippen LogP contribution in [0, 0.1) is 70.0 Å². The molecule has 0 radical (unpaired) electrons. The van der Waals surface area contributed by atoms with E-state index < -0.39 is 34.0 Å². The maximum absolute atomic E-state index is 12.4. The number of hydrogen-bond acceptors (Lipinski definition) is 8. The first-order valence-electron chi connectivity index (χ1n) is 19.6. The van der Waals surface area contributed by atoms with Gasteiger partial charge in [-0.3, -0.25) is 9.59 Å². The Labute approximate surface area is 295 Å². The highest BCUT2D eigenvalue weighted by Crippen LogP contribution is 2.70. The van der Waals surface area contributed by atoms with Crippen molar-refractivity contribution in [3.63, 3.8) is 0 Å². The highest BCUT2D eigenvalue weighted by Gasteiger charge is 2.64. The van der Waals surface area contributed by atoms with Crippen LogP contribution >= 0.6 is 0 Å². The number of carbonyl (C=O) groups is 4. The zero-order valence-corrected chi connectivity index (χ0v) is 32.2. The lowest BCUT2D eigenvalue weighted by atomic mass is 9.64. The van der Waals surface area contributed by atoms with Crippen LogP contribution in [0.1, 0.15) is 140 Å². The number of ether oxygens (including phenoxy) is 4. The molecular weight excluding hydrogens is 620 g/mol. The lowest BCUT2D eigenvalue weighted by Crippen LogP contribution is -2.45. The van der Waals surface area contributed by atoms with Crippen LogP contribution in [0.15, 0.2) is 0 Å². The van der Waals surface area contributed by atoms with E-state index in [1.165, 1.54) is 51.4 Å². The van der Waals surface area contributed by atoms with Gasteiger partial charge in [0.1, 0.15) is 11.2 Å². The Bertz CT molecular complexity index is 1250. The van der Waals surface area contributed by atoms with Gasteiger partial charge in [-0.15, -0.1) is 0 Å². The summed E-state index contributed by atoms with van der Waals surface area (Å²) < 4.78 is 21.9. The average molecular weight is 687 g/mol. The SMILES string of the molecule is CCC(C)(C)C(=O)OCC(=O)OC(C)(C)C1CC2CC1C1C3CCC(C3)C21.CCC(C)(C)C(=O)OCC(=O)OC(C)(C)C1CC2CCC1C2. The van der Waals surface area contributed by atoms with Crippen molar-refractivity contribution in [3.05, 3.63) is 0 Å². The largest absolute Gasteiger partial charge is 0.457 e. The third-order valence-electron chi connectivity index (χ3n) is 14.5. The van der Waals surface area contributed by atoms with Crippen molar-refractivity contribution in [2.24, 2.45) is 70.0 Å². The lowest BCUT2D eigenvalue weighted by molar-refractivity contribution is -0.177. The summed E-state index contributed by atoms with van der Waals surface area (Å²) in [6.45, 7) is 18.7. The Morgan fingerprint density at radius 1 is 0.531 bits per heavy atom. The van der Waals surface area contributed by atoms with Crippen LogP contribution in [-0.4, -0.2) is 48.3 Å². The smallest absolute Gasteiger partial charge is 0.344 e. The number of rotatable bonds is 12. The minimum absolute atomic E-state index is 0.275. The molecule has 49 heavy (non-hydrogen) atoms. The molecule has 0 amide bonds. The van der Waals surface area contributed by atoms with Crippen molar-refractivity contribution in [1.82, 2.24) is 0 Å². The summed E-state index contributed by atoms with van der Waals surface area (Å²) in [5, 5.41) is 0. The summed E-state index contributed by atoms with van der Waals surface area (Å²) in [6, 6.07) is 0. The van der Waals surface area contributed by atoms with Crippen molar-refractivity contribution in [3.8, 4) is 0 Å². The summed E-state index contributed by atoms with van der Waals surface area (Å²) in [7, 11) is 0. The van der Waals surface area contributed by atoms with Crippen LogP contribution in [0.3, 0.4) is 0 Å². The van der Waals surface area contributed by atoms with Gasteiger partial charge in [0.25, 0.3) is 0 Å². The van der Waals surface area contributed by atoms with Gasteiger partial charge in [-0.05, 0) is 167 Å². The van der Waals surface area contributed by atoms with E-state index in [2.05, 4.69) is 13.8 Å². The molecule has 0 spiro atoms. The monoisotopic (exact) mass is 686 g/mol. The zero-order chi connectivity index (χ0) is 36.1. The molecule has 0 aromatic rings. The lowest BCUT2D eigenvalue weighted by Gasteiger charge is -2.44. The molecule has 6 bridgehead atoms. The maximum atomic E-state index is 12.4. The Kier molecular flexibility index (Phi) is 11.0. The van der Waals surface area contributed by atoms with E-state index in [1.54, 1.807) is 0 Å². The number of esters is 4. The molecule has 8 nitrogen and oxygen atoms in total. The Morgan fingerprint density at radius 2 is 1.02 bits per heavy atom. The molecule has 6 rings (SSSR count). The minimum atomic E-state index is -0.558. The van der Waals surface area contributed by atoms with Crippen LogP contribution in [-0.2, 0) is 38.1 Å². The number of hydrogen-bond donors (Lipinski definition) is 0. The van der Waals surface area contributed by atoms with Crippen LogP contribution in [0.2, 0.25) is 0 Å². The van der Waals surface area contributed by atoms with Crippen molar-refractivity contribution in [1.29, 1.82) is 0 Å². The van der Waals surface area contributed by atoms with Gasteiger partial charge in [0, 0.05) is 11.8 Å². The van der Waals surface area contributed by atoms with Gasteiger partial charge in [0.2, 0.25) is 0 Å². The van der Waals surface area contributed by atoms with Gasteiger partial charge >= 0.3 is 23.9 Å². The zero-order valence-electron chi connectivity index (χ0n) is 32.2. The summed E-state index contributed by atoms with van der Waals surface area (Å²) in [5.41, 5.74) is -2.06. The minimum Gasteiger partial charge on any atom is -0.457 e. The fraction of sp³-hybridized carbons (Fsp3) is 0.902. The second-order valence-corrected chi connectivity index (χ2v) is 19.1. The normalized spacial score (nSPS) is 34.2. The number of fused-ring (bicyclic) bond motifs is 11. The van der Waals surface area contributed by atoms with Crippen molar-refractivity contribution >= 4 is 23.9 Å². The van der Waals surface area contributed by atoms with E-state index in [0.717, 1.165) is 47.8 Å². The molecule has 0 N–H and O–H groups in total. The Morgan fingerprint density at radius 3 is 1.49 bits per heavy atom. The predicted molar refractivity (Wildman–Crippen MR) is 187 cm³/mol. The van der Waals surface area contributed by atoms with Gasteiger partial charge in [0.05, 0.1) is 10.8 Å². The van der Waals surface area contributed by atoms with Gasteiger partial charge < -0.3 is 18.9 Å². The molecule has 278 valence electrons. The molecule has 0 aromatic heterocycles. The Balaban J connectivity index is 0.000000196. The quantitative estimate of drug-likeness (QED) is 0.115. The summed E-state index contributed by atoms with van der Waals surface area (Å²) in [6.07, 6.45) is 13.3. The molecule has 6 saturated carbocycles. The topological polar surface area (TPSA) is 105 Å². The molecule has 0 heterocycles. The van der Waals surface area contributed by atoms with Gasteiger partial charge in [0.15, 0.2) is 13.2 Å². The van der Waals surface area contributed by atoms with Crippen molar-refractivity contribution in [2.45, 2.75) is 151 Å². The second kappa shape index (κ2) is 14.1. The fourth-order valence-corrected chi connectivity index (χ4v) is 11.2. The van der Waals surface area contributed by atoms with Crippen molar-refractivity contribution < 1.29 is 38.1 Å². The van der Waals surface area contributed by atoms with E-state index in [1.807, 2.05) is 55.4 Å². The first-order valence-corrected chi connectivity index (χ1v) is 19.6. The molecule has 8 heteroatoms. The van der Waals surface area contributed by atoms with Crippen LogP contribution < -0.4 is 0 Å². The van der Waals surface area contributed by atoms with E-state index in [0.29, 0.717) is 30.6 Å². The predicted octanol–water partition coefficient (Wildman–Crippen LogP) is 8.33. The van der Waals surface area contributed by atoms with Crippen molar-refractivity contribution in [2.75, 3.05) is 13.2 Å². The average Bonchev–Trinajstić information content (AvgIpc) is 3.89. The molecule has 6 aliphatic carbocycles. The third kappa shape index (κ3) is 7.88. The van der Waals surface area contributed by atoms with E-state index in [4.69, 9.17) is 18.9 Å². The highest BCUT2D eigenvalue weighted by molar-refractivity contribution is 5.80. The first kappa shape index (κ1) is 38.1. The van der Waals surface area contributed by atoms with Gasteiger partial charge in [-0.1, -0.05) is 20.3 Å². The fourth-order valence-electron chi connectivity index (χ4n) is 11.2. The standard InChI is InChI=1S/C23H36O4.C18H30O4/c1-6-22(2,3)21(25)26-12-18(24)27-23(4,5)17-11-15-10-16(17)20-14-8-7-13(9-14)19(15)20;1-6-17(2,3)16(20)21-11-15(19)22-18(4,5)14-10-12-7-8-13(14)9-12/h13-17,19-20H,6-12H2,1-5H3;12-14H,6-11H2,1-5H3. The van der Waals surface area contributed by atoms with E-state index >= 15 is 0 Å².